The van der Waals surface area contributed by atoms with Gasteiger partial charge < -0.3 is 14.8 Å². The van der Waals surface area contributed by atoms with Gasteiger partial charge in [0.1, 0.15) is 0 Å². The largest absolute Gasteiger partial charge is 0.394 e. The van der Waals surface area contributed by atoms with Crippen LogP contribution in [0.5, 0.6) is 0 Å². The Morgan fingerprint density at radius 1 is 1.47 bits per heavy atom. The highest BCUT2D eigenvalue weighted by atomic mass is 16.5. The summed E-state index contributed by atoms with van der Waals surface area (Å²) >= 11 is 0. The molecule has 0 bridgehead atoms. The maximum Gasteiger partial charge on any atom is 0.325 e. The van der Waals surface area contributed by atoms with E-state index in [1.54, 1.807) is 0 Å². The van der Waals surface area contributed by atoms with Crippen LogP contribution in [0, 0.1) is 0 Å². The number of H-pyrrole nitrogens is 2. The fourth-order valence-corrected chi connectivity index (χ4v) is 1.73. The van der Waals surface area contributed by atoms with Crippen molar-refractivity contribution in [3.05, 3.63) is 32.6 Å². The van der Waals surface area contributed by atoms with Crippen LogP contribution >= 0.6 is 0 Å². The lowest BCUT2D eigenvalue weighted by molar-refractivity contribution is 0.0102. The summed E-state index contributed by atoms with van der Waals surface area (Å²) in [6, 6.07) is 0. The van der Waals surface area contributed by atoms with Crippen LogP contribution in [0.25, 0.3) is 0 Å². The van der Waals surface area contributed by atoms with Crippen molar-refractivity contribution in [2.75, 3.05) is 6.61 Å². The molecule has 1 aromatic rings. The first-order valence-corrected chi connectivity index (χ1v) is 4.79. The molecule has 15 heavy (non-hydrogen) atoms. The molecule has 3 N–H and O–H groups in total. The average molecular weight is 212 g/mol. The predicted molar refractivity (Wildman–Crippen MR) is 51.6 cm³/mol. The smallest absolute Gasteiger partial charge is 0.325 e. The SMILES string of the molecule is O=c1[nH]cc(C2CCC(CO)O2)c(=O)[nH]1. The number of aromatic nitrogens is 2. The van der Waals surface area contributed by atoms with Crippen molar-refractivity contribution in [1.82, 2.24) is 9.97 Å². The molecule has 0 amide bonds. The fourth-order valence-electron chi connectivity index (χ4n) is 1.73. The van der Waals surface area contributed by atoms with Crippen molar-refractivity contribution in [3.8, 4) is 0 Å². The van der Waals surface area contributed by atoms with Gasteiger partial charge in [-0.3, -0.25) is 9.78 Å². The number of aliphatic hydroxyl groups is 1. The van der Waals surface area contributed by atoms with Gasteiger partial charge in [-0.25, -0.2) is 4.79 Å². The molecule has 1 aliphatic rings. The van der Waals surface area contributed by atoms with E-state index in [4.69, 9.17) is 9.84 Å². The van der Waals surface area contributed by atoms with Gasteiger partial charge >= 0.3 is 5.69 Å². The summed E-state index contributed by atoms with van der Waals surface area (Å²) in [5.41, 5.74) is -0.548. The first-order valence-electron chi connectivity index (χ1n) is 4.79. The highest BCUT2D eigenvalue weighted by Crippen LogP contribution is 2.29. The van der Waals surface area contributed by atoms with E-state index >= 15 is 0 Å². The van der Waals surface area contributed by atoms with Gasteiger partial charge in [0, 0.05) is 6.20 Å². The van der Waals surface area contributed by atoms with Gasteiger partial charge in [-0.15, -0.1) is 0 Å². The van der Waals surface area contributed by atoms with Gasteiger partial charge in [0.05, 0.1) is 24.4 Å². The average Bonchev–Trinajstić information content (AvgIpc) is 2.66. The lowest BCUT2D eigenvalue weighted by Crippen LogP contribution is -2.26. The molecule has 82 valence electrons. The van der Waals surface area contributed by atoms with Crippen LogP contribution in [-0.2, 0) is 4.74 Å². The van der Waals surface area contributed by atoms with E-state index in [1.807, 2.05) is 0 Å². The van der Waals surface area contributed by atoms with Crippen molar-refractivity contribution < 1.29 is 9.84 Å². The van der Waals surface area contributed by atoms with E-state index in [-0.39, 0.29) is 18.8 Å². The maximum absolute atomic E-state index is 11.4. The molecule has 0 aromatic carbocycles. The lowest BCUT2D eigenvalue weighted by atomic mass is 10.1. The molecule has 1 saturated heterocycles. The second-order valence-corrected chi connectivity index (χ2v) is 3.53. The van der Waals surface area contributed by atoms with Crippen molar-refractivity contribution in [1.29, 1.82) is 0 Å². The van der Waals surface area contributed by atoms with Gasteiger partial charge in [0.2, 0.25) is 0 Å². The van der Waals surface area contributed by atoms with E-state index in [9.17, 15) is 9.59 Å². The van der Waals surface area contributed by atoms with E-state index in [0.29, 0.717) is 12.0 Å². The summed E-state index contributed by atoms with van der Waals surface area (Å²) in [5, 5.41) is 8.88. The fraction of sp³-hybridized carbons (Fsp3) is 0.556. The van der Waals surface area contributed by atoms with Gasteiger partial charge in [-0.05, 0) is 12.8 Å². The summed E-state index contributed by atoms with van der Waals surface area (Å²) in [7, 11) is 0. The quantitative estimate of drug-likeness (QED) is 0.602. The second-order valence-electron chi connectivity index (χ2n) is 3.53. The predicted octanol–water partition coefficient (Wildman–Crippen LogP) is -0.724. The molecule has 6 nitrogen and oxygen atoms in total. The number of ether oxygens (including phenoxy) is 1. The van der Waals surface area contributed by atoms with Gasteiger partial charge in [-0.2, -0.15) is 0 Å². The molecule has 2 unspecified atom stereocenters. The van der Waals surface area contributed by atoms with E-state index in [2.05, 4.69) is 9.97 Å². The Morgan fingerprint density at radius 3 is 2.87 bits per heavy atom. The molecule has 0 aliphatic carbocycles. The monoisotopic (exact) mass is 212 g/mol. The Labute approximate surface area is 84.9 Å². The van der Waals surface area contributed by atoms with Crippen molar-refractivity contribution in [2.45, 2.75) is 25.0 Å². The van der Waals surface area contributed by atoms with Crippen LogP contribution in [-0.4, -0.2) is 27.8 Å². The van der Waals surface area contributed by atoms with Gasteiger partial charge in [0.25, 0.3) is 5.56 Å². The number of aliphatic hydroxyl groups excluding tert-OH is 1. The number of aromatic amines is 2. The third-order valence-electron chi connectivity index (χ3n) is 2.51. The molecule has 2 rings (SSSR count). The Balaban J connectivity index is 2.24. The summed E-state index contributed by atoms with van der Waals surface area (Å²) in [6.45, 7) is -0.0439. The van der Waals surface area contributed by atoms with Crippen LogP contribution < -0.4 is 11.2 Å². The summed E-state index contributed by atoms with van der Waals surface area (Å²) < 4.78 is 5.43. The molecule has 0 saturated carbocycles. The normalized spacial score (nSPS) is 25.7. The van der Waals surface area contributed by atoms with E-state index in [0.717, 1.165) is 6.42 Å². The van der Waals surface area contributed by atoms with Crippen molar-refractivity contribution in [3.63, 3.8) is 0 Å². The Bertz CT molecular complexity index is 450. The molecule has 1 aliphatic heterocycles. The Kier molecular flexibility index (Phi) is 2.70. The number of nitrogens with one attached hydrogen (secondary N) is 2. The van der Waals surface area contributed by atoms with Gasteiger partial charge in [-0.1, -0.05) is 0 Å². The molecule has 6 heteroatoms. The van der Waals surface area contributed by atoms with E-state index < -0.39 is 11.2 Å². The molecule has 0 spiro atoms. The van der Waals surface area contributed by atoms with Gasteiger partial charge in [0.15, 0.2) is 0 Å². The third-order valence-corrected chi connectivity index (χ3v) is 2.51. The lowest BCUT2D eigenvalue weighted by Gasteiger charge is -2.10. The zero-order valence-corrected chi connectivity index (χ0v) is 8.03. The zero-order valence-electron chi connectivity index (χ0n) is 8.03. The third kappa shape index (κ3) is 2.00. The number of hydrogen-bond acceptors (Lipinski definition) is 4. The minimum atomic E-state index is -0.527. The molecule has 0 radical (unpaired) electrons. The number of rotatable bonds is 2. The molecular weight excluding hydrogens is 200 g/mol. The topological polar surface area (TPSA) is 95.2 Å². The van der Waals surface area contributed by atoms with Crippen molar-refractivity contribution in [2.24, 2.45) is 0 Å². The molecule has 1 aromatic heterocycles. The van der Waals surface area contributed by atoms with Crippen LogP contribution in [0.1, 0.15) is 24.5 Å². The first-order chi connectivity index (χ1) is 7.20. The Hall–Kier alpha value is -1.40. The van der Waals surface area contributed by atoms with Crippen molar-refractivity contribution >= 4 is 0 Å². The number of hydrogen-bond donors (Lipinski definition) is 3. The highest BCUT2D eigenvalue weighted by molar-refractivity contribution is 5.09. The van der Waals surface area contributed by atoms with Crippen LogP contribution in [0.3, 0.4) is 0 Å². The van der Waals surface area contributed by atoms with Crippen LogP contribution in [0.15, 0.2) is 15.8 Å². The molecule has 2 atom stereocenters. The summed E-state index contributed by atoms with van der Waals surface area (Å²) in [4.78, 5) is 26.7. The van der Waals surface area contributed by atoms with E-state index in [1.165, 1.54) is 6.20 Å². The first kappa shape index (κ1) is 10.1. The molecule has 2 heterocycles. The zero-order chi connectivity index (χ0) is 10.8. The second kappa shape index (κ2) is 4.00. The Morgan fingerprint density at radius 2 is 2.27 bits per heavy atom. The minimum absolute atomic E-state index is 0.0439. The molecular formula is C9H12N2O4. The summed E-state index contributed by atoms with van der Waals surface area (Å²) in [5.74, 6) is 0. The maximum atomic E-state index is 11.4. The van der Waals surface area contributed by atoms with Crippen LogP contribution in [0.2, 0.25) is 0 Å². The summed E-state index contributed by atoms with van der Waals surface area (Å²) in [6.07, 6.45) is 2.23. The standard InChI is InChI=1S/C9H12N2O4/c12-4-5-1-2-7(15-5)6-3-10-9(14)11-8(6)13/h3,5,7,12H,1-2,4H2,(H2,10,11,13,14). The highest BCUT2D eigenvalue weighted by Gasteiger charge is 2.27. The minimum Gasteiger partial charge on any atom is -0.394 e. The molecule has 1 fully saturated rings. The van der Waals surface area contributed by atoms with Crippen LogP contribution in [0.4, 0.5) is 0 Å².